The molecular formula is C41H63NO12. The molecule has 1 aliphatic heterocycles. The van der Waals surface area contributed by atoms with Crippen LogP contribution in [-0.4, -0.2) is 103 Å². The molecule has 1 amide bonds. The van der Waals surface area contributed by atoms with E-state index in [1.54, 1.807) is 0 Å². The molecule has 304 valence electrons. The third-order valence-corrected chi connectivity index (χ3v) is 16.5. The number of allylic oxidation sites excluding steroid dienone is 2. The lowest BCUT2D eigenvalue weighted by atomic mass is 9.33. The molecule has 1 saturated heterocycles. The highest BCUT2D eigenvalue weighted by Crippen LogP contribution is 2.75. The summed E-state index contributed by atoms with van der Waals surface area (Å²) in [5, 5.41) is 65.4. The lowest BCUT2D eigenvalue weighted by Gasteiger charge is -2.70. The highest BCUT2D eigenvalue weighted by Gasteiger charge is 2.71. The van der Waals surface area contributed by atoms with Gasteiger partial charge in [0.15, 0.2) is 5.78 Å². The molecule has 0 radical (unpaired) electrons. The van der Waals surface area contributed by atoms with Crippen LogP contribution in [0.25, 0.3) is 0 Å². The van der Waals surface area contributed by atoms with Gasteiger partial charge in [-0.25, -0.2) is 4.79 Å². The van der Waals surface area contributed by atoms with Gasteiger partial charge in [-0.05, 0) is 110 Å². The maximum atomic E-state index is 14.8. The molecule has 6 rings (SSSR count). The smallest absolute Gasteiger partial charge is 0.364 e. The molecule has 1 heterocycles. The summed E-state index contributed by atoms with van der Waals surface area (Å²) in [6.45, 7) is 15.3. The van der Waals surface area contributed by atoms with Crippen LogP contribution in [0.5, 0.6) is 0 Å². The lowest BCUT2D eigenvalue weighted by molar-refractivity contribution is -0.341. The normalized spacial score (nSPS) is 48.1. The molecule has 0 aromatic heterocycles. The third-order valence-electron chi connectivity index (χ3n) is 16.5. The standard InChI is InChI=1S/C41H63NO12/c1-21(44)42-29-25(46)19-41(34(51)52,54-31(29)30(48)26(47)20-43)53-28-10-11-38(6)27(35(28,2)3)9-12-40(8)32(38)24(45)17-22-23-18-37(5,33(49)50)14-13-36(23,4)15-16-39(22,40)7/h17,23,25-32,43,46-48H,9-16,18-20H2,1-8H3,(H,42,44)(H,49,50)(H,51,52)/t23-,25-,26+,27-,28-,29+,30+,31+,32+,36+,37-,38-,39+,40+,41+/m0/s1. The summed E-state index contributed by atoms with van der Waals surface area (Å²) < 4.78 is 12.5. The number of fused-ring (bicyclic) bond motifs is 7. The number of aliphatic hydroxyl groups excluding tert-OH is 4. The molecule has 0 spiro atoms. The average Bonchev–Trinajstić information content (AvgIpc) is 3.07. The molecule has 15 atom stereocenters. The van der Waals surface area contributed by atoms with Crippen LogP contribution in [-0.2, 0) is 28.7 Å². The number of amides is 1. The first-order valence-corrected chi connectivity index (χ1v) is 19.9. The quantitative estimate of drug-likeness (QED) is 0.177. The van der Waals surface area contributed by atoms with Gasteiger partial charge in [0, 0.05) is 19.3 Å². The summed E-state index contributed by atoms with van der Waals surface area (Å²) in [5.74, 6) is -5.67. The number of aliphatic hydroxyl groups is 4. The van der Waals surface area contributed by atoms with Crippen molar-refractivity contribution in [3.05, 3.63) is 11.6 Å². The minimum atomic E-state index is -2.46. The Morgan fingerprint density at radius 1 is 0.926 bits per heavy atom. The molecule has 0 bridgehead atoms. The van der Waals surface area contributed by atoms with Crippen molar-refractivity contribution in [1.82, 2.24) is 5.32 Å². The van der Waals surface area contributed by atoms with Crippen molar-refractivity contribution in [1.29, 1.82) is 0 Å². The Kier molecular flexibility index (Phi) is 10.2. The highest BCUT2D eigenvalue weighted by atomic mass is 16.7. The number of rotatable bonds is 8. The number of hydrogen-bond donors (Lipinski definition) is 7. The number of nitrogens with one attached hydrogen (secondary N) is 1. The van der Waals surface area contributed by atoms with Crippen molar-refractivity contribution in [3.63, 3.8) is 0 Å². The number of carbonyl (C=O) groups excluding carboxylic acids is 2. The van der Waals surface area contributed by atoms with Crippen molar-refractivity contribution < 1.29 is 59.3 Å². The topological polar surface area (TPSA) is 220 Å². The number of ether oxygens (including phenoxy) is 2. The summed E-state index contributed by atoms with van der Waals surface area (Å²) in [4.78, 5) is 52.4. The average molecular weight is 762 g/mol. The van der Waals surface area contributed by atoms with Gasteiger partial charge in [0.2, 0.25) is 5.91 Å². The number of carboxylic acids is 2. The highest BCUT2D eigenvalue weighted by molar-refractivity contribution is 5.95. The molecule has 5 fully saturated rings. The van der Waals surface area contributed by atoms with E-state index in [4.69, 9.17) is 9.47 Å². The summed E-state index contributed by atoms with van der Waals surface area (Å²) >= 11 is 0. The Labute approximate surface area is 318 Å². The van der Waals surface area contributed by atoms with Crippen LogP contribution < -0.4 is 5.32 Å². The van der Waals surface area contributed by atoms with Crippen molar-refractivity contribution in [2.24, 2.45) is 50.2 Å². The Morgan fingerprint density at radius 2 is 1.57 bits per heavy atom. The van der Waals surface area contributed by atoms with E-state index in [1.807, 2.05) is 26.8 Å². The number of carboxylic acid groups (broad SMARTS) is 2. The maximum absolute atomic E-state index is 14.8. The maximum Gasteiger partial charge on any atom is 0.364 e. The van der Waals surface area contributed by atoms with Crippen LogP contribution in [0.15, 0.2) is 11.6 Å². The van der Waals surface area contributed by atoms with E-state index in [2.05, 4.69) is 33.0 Å². The Hall–Kier alpha value is -2.42. The van der Waals surface area contributed by atoms with Crippen LogP contribution in [0, 0.1) is 50.2 Å². The van der Waals surface area contributed by atoms with Gasteiger partial charge >= 0.3 is 11.9 Å². The summed E-state index contributed by atoms with van der Waals surface area (Å²) in [6.07, 6.45) is 0.0664. The van der Waals surface area contributed by atoms with E-state index < -0.39 is 94.9 Å². The molecule has 0 unspecified atom stereocenters. The molecule has 4 saturated carbocycles. The van der Waals surface area contributed by atoms with Crippen LogP contribution in [0.4, 0.5) is 0 Å². The predicted octanol–water partition coefficient (Wildman–Crippen LogP) is 3.59. The monoisotopic (exact) mass is 761 g/mol. The molecule has 54 heavy (non-hydrogen) atoms. The minimum Gasteiger partial charge on any atom is -0.481 e. The van der Waals surface area contributed by atoms with Crippen molar-refractivity contribution in [2.45, 2.75) is 162 Å². The van der Waals surface area contributed by atoms with E-state index in [0.717, 1.165) is 37.7 Å². The Morgan fingerprint density at radius 3 is 2.17 bits per heavy atom. The molecule has 13 heteroatoms. The second-order valence-corrected chi connectivity index (χ2v) is 19.9. The van der Waals surface area contributed by atoms with E-state index in [9.17, 15) is 49.8 Å². The molecule has 0 aromatic rings. The summed E-state index contributed by atoms with van der Waals surface area (Å²) in [7, 11) is 0. The zero-order valence-electron chi connectivity index (χ0n) is 33.2. The Bertz CT molecular complexity index is 1600. The number of carbonyl (C=O) groups is 4. The van der Waals surface area contributed by atoms with Gasteiger partial charge in [0.1, 0.15) is 18.3 Å². The van der Waals surface area contributed by atoms with Crippen LogP contribution in [0.3, 0.4) is 0 Å². The second-order valence-electron chi connectivity index (χ2n) is 19.9. The zero-order chi connectivity index (χ0) is 40.2. The molecule has 7 N–H and O–H groups in total. The Balaban J connectivity index is 1.32. The number of aliphatic carboxylic acids is 2. The van der Waals surface area contributed by atoms with Gasteiger partial charge in [0.05, 0.1) is 30.3 Å². The van der Waals surface area contributed by atoms with Crippen LogP contribution >= 0.6 is 0 Å². The fourth-order valence-electron chi connectivity index (χ4n) is 13.0. The van der Waals surface area contributed by atoms with Gasteiger partial charge in [-0.2, -0.15) is 0 Å². The summed E-state index contributed by atoms with van der Waals surface area (Å²) in [5.41, 5.74) is -1.66. The van der Waals surface area contributed by atoms with Crippen molar-refractivity contribution in [3.8, 4) is 0 Å². The van der Waals surface area contributed by atoms with E-state index in [1.165, 1.54) is 6.92 Å². The van der Waals surface area contributed by atoms with E-state index in [-0.39, 0.29) is 34.4 Å². The fraction of sp³-hybridized carbons (Fsp3) is 0.854. The van der Waals surface area contributed by atoms with Gasteiger partial charge in [-0.1, -0.05) is 47.1 Å². The number of hydrogen-bond acceptors (Lipinski definition) is 10. The van der Waals surface area contributed by atoms with Gasteiger partial charge in [-0.3, -0.25) is 14.4 Å². The first kappa shape index (κ1) is 41.2. The SMILES string of the molecule is CC(=O)N[C@H]1[C@H]([C@H](O)[C@H](O)CO)O[C@@](O[C@H]2CC[C@]3(C)[C@H]4C(=O)C=C5[C@@H]6C[C@@](C)(C(=O)O)CC[C@]6(C)CC[C@@]5(C)[C@]4(C)CC[C@H]3C2(C)C)(C(=O)O)C[C@@H]1O. The minimum absolute atomic E-state index is 0.00284. The molecule has 13 nitrogen and oxygen atoms in total. The van der Waals surface area contributed by atoms with Crippen LogP contribution in [0.1, 0.15) is 120 Å². The van der Waals surface area contributed by atoms with E-state index in [0.29, 0.717) is 25.7 Å². The van der Waals surface area contributed by atoms with E-state index >= 15 is 0 Å². The molecular weight excluding hydrogens is 698 g/mol. The van der Waals surface area contributed by atoms with Crippen molar-refractivity contribution >= 4 is 23.6 Å². The van der Waals surface area contributed by atoms with Gasteiger partial charge in [0.25, 0.3) is 5.79 Å². The third kappa shape index (κ3) is 5.92. The second kappa shape index (κ2) is 13.3. The number of ketones is 1. The zero-order valence-corrected chi connectivity index (χ0v) is 33.2. The molecule has 5 aliphatic carbocycles. The van der Waals surface area contributed by atoms with Gasteiger partial charge < -0.3 is 45.4 Å². The first-order valence-electron chi connectivity index (χ1n) is 19.9. The van der Waals surface area contributed by atoms with Crippen molar-refractivity contribution in [2.75, 3.05) is 6.61 Å². The van der Waals surface area contributed by atoms with Crippen LogP contribution in [0.2, 0.25) is 0 Å². The molecule has 0 aromatic carbocycles. The largest absolute Gasteiger partial charge is 0.481 e. The summed E-state index contributed by atoms with van der Waals surface area (Å²) in [6, 6.07) is -1.30. The first-order chi connectivity index (χ1) is 24.9. The lowest BCUT2D eigenvalue weighted by Crippen LogP contribution is -2.70. The fourth-order valence-corrected chi connectivity index (χ4v) is 13.0. The molecule has 6 aliphatic rings. The predicted molar refractivity (Wildman–Crippen MR) is 195 cm³/mol. The van der Waals surface area contributed by atoms with Gasteiger partial charge in [-0.15, -0.1) is 0 Å².